The molecular weight excluding hydrogens is 428 g/mol. The van der Waals surface area contributed by atoms with Crippen LogP contribution in [0.4, 0.5) is 11.8 Å². The first-order valence-electron chi connectivity index (χ1n) is 11.1. The SMILES string of the molecule is OC[C@H]1O[C@@H](n2cnc3c(NCC4CCCO4)nc(NCc4ccccc4)nc32)[C@H](O)[C@@H]1O. The zero-order chi connectivity index (χ0) is 22.8. The molecule has 2 fully saturated rings. The number of hydrogen-bond acceptors (Lipinski definition) is 10. The second-order valence-corrected chi connectivity index (χ2v) is 8.30. The number of benzene rings is 1. The summed E-state index contributed by atoms with van der Waals surface area (Å²) in [7, 11) is 0. The van der Waals surface area contributed by atoms with Gasteiger partial charge in [-0.3, -0.25) is 4.57 Å². The summed E-state index contributed by atoms with van der Waals surface area (Å²) < 4.78 is 13.0. The van der Waals surface area contributed by atoms with E-state index >= 15 is 0 Å². The van der Waals surface area contributed by atoms with Crippen LogP contribution in [0.3, 0.4) is 0 Å². The molecule has 11 nitrogen and oxygen atoms in total. The van der Waals surface area contributed by atoms with Crippen molar-refractivity contribution in [2.24, 2.45) is 0 Å². The quantitative estimate of drug-likeness (QED) is 0.327. The van der Waals surface area contributed by atoms with Gasteiger partial charge in [0.25, 0.3) is 0 Å². The fourth-order valence-electron chi connectivity index (χ4n) is 4.21. The lowest BCUT2D eigenvalue weighted by molar-refractivity contribution is -0.0511. The van der Waals surface area contributed by atoms with Crippen LogP contribution in [0.15, 0.2) is 36.7 Å². The Morgan fingerprint density at radius 3 is 2.67 bits per heavy atom. The van der Waals surface area contributed by atoms with Crippen molar-refractivity contribution in [3.63, 3.8) is 0 Å². The van der Waals surface area contributed by atoms with Crippen molar-refractivity contribution in [1.29, 1.82) is 0 Å². The van der Waals surface area contributed by atoms with Crippen molar-refractivity contribution in [3.8, 4) is 0 Å². The summed E-state index contributed by atoms with van der Waals surface area (Å²) in [5.41, 5.74) is 2.02. The smallest absolute Gasteiger partial charge is 0.227 e. The van der Waals surface area contributed by atoms with Gasteiger partial charge in [-0.05, 0) is 18.4 Å². The van der Waals surface area contributed by atoms with Gasteiger partial charge in [-0.25, -0.2) is 4.98 Å². The number of rotatable bonds is 8. The minimum Gasteiger partial charge on any atom is -0.394 e. The molecular formula is C22H28N6O5. The molecule has 5 atom stereocenters. The first-order chi connectivity index (χ1) is 16.1. The van der Waals surface area contributed by atoms with Gasteiger partial charge in [0.1, 0.15) is 18.3 Å². The Balaban J connectivity index is 1.46. The van der Waals surface area contributed by atoms with Gasteiger partial charge < -0.3 is 35.4 Å². The molecule has 33 heavy (non-hydrogen) atoms. The van der Waals surface area contributed by atoms with Crippen molar-refractivity contribution < 1.29 is 24.8 Å². The topological polar surface area (TPSA) is 147 Å². The highest BCUT2D eigenvalue weighted by molar-refractivity contribution is 5.84. The molecule has 0 saturated carbocycles. The number of imidazole rings is 1. The van der Waals surface area contributed by atoms with Gasteiger partial charge in [0.05, 0.1) is 19.0 Å². The van der Waals surface area contributed by atoms with Crippen LogP contribution in [0.25, 0.3) is 11.2 Å². The fraction of sp³-hybridized carbons (Fsp3) is 0.500. The van der Waals surface area contributed by atoms with E-state index < -0.39 is 31.1 Å². The summed E-state index contributed by atoms with van der Waals surface area (Å²) in [5, 5.41) is 36.7. The summed E-state index contributed by atoms with van der Waals surface area (Å²) in [4.78, 5) is 13.7. The molecule has 0 amide bonds. The molecule has 5 N–H and O–H groups in total. The lowest BCUT2D eigenvalue weighted by Crippen LogP contribution is -2.33. The molecule has 5 rings (SSSR count). The van der Waals surface area contributed by atoms with Crippen LogP contribution in [0.2, 0.25) is 0 Å². The van der Waals surface area contributed by atoms with Crippen LogP contribution in [-0.4, -0.2) is 79.0 Å². The second kappa shape index (κ2) is 9.57. The monoisotopic (exact) mass is 456 g/mol. The number of nitrogens with zero attached hydrogens (tertiary/aromatic N) is 4. The summed E-state index contributed by atoms with van der Waals surface area (Å²) in [6.45, 7) is 1.47. The van der Waals surface area contributed by atoms with E-state index in [4.69, 9.17) is 9.47 Å². The zero-order valence-corrected chi connectivity index (χ0v) is 18.0. The first kappa shape index (κ1) is 22.0. The number of aliphatic hydroxyl groups excluding tert-OH is 3. The van der Waals surface area contributed by atoms with Gasteiger partial charge in [-0.1, -0.05) is 30.3 Å². The number of fused-ring (bicyclic) bond motifs is 1. The fourth-order valence-corrected chi connectivity index (χ4v) is 4.21. The molecule has 0 radical (unpaired) electrons. The lowest BCUT2D eigenvalue weighted by atomic mass is 10.1. The van der Waals surface area contributed by atoms with Crippen LogP contribution < -0.4 is 10.6 Å². The van der Waals surface area contributed by atoms with Crippen molar-refractivity contribution in [3.05, 3.63) is 42.2 Å². The average molecular weight is 457 g/mol. The molecule has 3 aromatic rings. The third kappa shape index (κ3) is 4.50. The third-order valence-electron chi connectivity index (χ3n) is 6.03. The zero-order valence-electron chi connectivity index (χ0n) is 18.0. The highest BCUT2D eigenvalue weighted by Crippen LogP contribution is 2.33. The molecule has 1 aromatic carbocycles. The summed E-state index contributed by atoms with van der Waals surface area (Å²) in [6.07, 6.45) is -0.657. The number of hydrogen-bond donors (Lipinski definition) is 5. The molecule has 2 aliphatic rings. The van der Waals surface area contributed by atoms with Crippen LogP contribution in [0, 0.1) is 0 Å². The number of aliphatic hydroxyl groups is 3. The van der Waals surface area contributed by atoms with E-state index in [0.29, 0.717) is 36.0 Å². The van der Waals surface area contributed by atoms with E-state index in [9.17, 15) is 15.3 Å². The first-order valence-corrected chi connectivity index (χ1v) is 11.1. The van der Waals surface area contributed by atoms with Crippen LogP contribution >= 0.6 is 0 Å². The van der Waals surface area contributed by atoms with E-state index in [2.05, 4.69) is 25.6 Å². The highest BCUT2D eigenvalue weighted by atomic mass is 16.6. The number of nitrogens with one attached hydrogen (secondary N) is 2. The van der Waals surface area contributed by atoms with Gasteiger partial charge in [0, 0.05) is 19.7 Å². The molecule has 11 heteroatoms. The van der Waals surface area contributed by atoms with Gasteiger partial charge in [0.15, 0.2) is 23.2 Å². The average Bonchev–Trinajstić information content (AvgIpc) is 3.57. The maximum atomic E-state index is 10.5. The van der Waals surface area contributed by atoms with Crippen LogP contribution in [-0.2, 0) is 16.0 Å². The summed E-state index contributed by atoms with van der Waals surface area (Å²) in [6, 6.07) is 9.90. The number of anilines is 2. The Morgan fingerprint density at radius 1 is 1.09 bits per heavy atom. The van der Waals surface area contributed by atoms with Gasteiger partial charge in [-0.15, -0.1) is 0 Å². The molecule has 0 spiro atoms. The maximum absolute atomic E-state index is 10.5. The Labute approximate surface area is 190 Å². The largest absolute Gasteiger partial charge is 0.394 e. The van der Waals surface area contributed by atoms with Crippen LogP contribution in [0.5, 0.6) is 0 Å². The second-order valence-electron chi connectivity index (χ2n) is 8.30. The van der Waals surface area contributed by atoms with Crippen molar-refractivity contribution in [1.82, 2.24) is 19.5 Å². The molecule has 2 saturated heterocycles. The third-order valence-corrected chi connectivity index (χ3v) is 6.03. The van der Waals surface area contributed by atoms with Crippen LogP contribution in [0.1, 0.15) is 24.6 Å². The lowest BCUT2D eigenvalue weighted by Gasteiger charge is -2.17. The minimum absolute atomic E-state index is 0.110. The van der Waals surface area contributed by atoms with E-state index in [1.165, 1.54) is 6.33 Å². The van der Waals surface area contributed by atoms with E-state index in [-0.39, 0.29) is 6.10 Å². The van der Waals surface area contributed by atoms with Crippen molar-refractivity contribution in [2.45, 2.75) is 50.0 Å². The molecule has 2 aliphatic heterocycles. The Kier molecular flexibility index (Phi) is 6.38. The van der Waals surface area contributed by atoms with E-state index in [1.807, 2.05) is 30.3 Å². The molecule has 0 aliphatic carbocycles. The standard InChI is InChI=1S/C22H28N6O5/c29-11-15-17(30)18(31)21(33-15)28-12-25-16-19(23-10-14-7-4-8-32-14)26-22(27-20(16)28)24-9-13-5-2-1-3-6-13/h1-3,5-6,12,14-15,17-18,21,29-31H,4,7-11H2,(H2,23,24,26,27)/t14?,15-,17-,18-,21-/m1/s1. The summed E-state index contributed by atoms with van der Waals surface area (Å²) in [5.74, 6) is 0.922. The molecule has 0 bridgehead atoms. The van der Waals surface area contributed by atoms with Gasteiger partial charge >= 0.3 is 0 Å². The normalized spacial score (nSPS) is 27.3. The molecule has 176 valence electrons. The Hall–Kier alpha value is -2.83. The summed E-state index contributed by atoms with van der Waals surface area (Å²) >= 11 is 0. The number of ether oxygens (including phenoxy) is 2. The van der Waals surface area contributed by atoms with Crippen molar-refractivity contribution >= 4 is 22.9 Å². The van der Waals surface area contributed by atoms with Crippen molar-refractivity contribution in [2.75, 3.05) is 30.4 Å². The Bertz CT molecular complexity index is 1070. The van der Waals surface area contributed by atoms with E-state index in [0.717, 1.165) is 25.0 Å². The van der Waals surface area contributed by atoms with E-state index in [1.54, 1.807) is 4.57 Å². The molecule has 1 unspecified atom stereocenters. The number of aromatic nitrogens is 4. The minimum atomic E-state index is -1.24. The van der Waals surface area contributed by atoms with Gasteiger partial charge in [-0.2, -0.15) is 9.97 Å². The molecule has 2 aromatic heterocycles. The van der Waals surface area contributed by atoms with Gasteiger partial charge in [0.2, 0.25) is 5.95 Å². The molecule has 4 heterocycles. The maximum Gasteiger partial charge on any atom is 0.227 e. The predicted octanol–water partition coefficient (Wildman–Crippen LogP) is 0.641. The predicted molar refractivity (Wildman–Crippen MR) is 120 cm³/mol. The highest BCUT2D eigenvalue weighted by Gasteiger charge is 2.44. The Morgan fingerprint density at radius 2 is 1.94 bits per heavy atom.